The van der Waals surface area contributed by atoms with Crippen molar-refractivity contribution in [3.63, 3.8) is 0 Å². The SMILES string of the molecule is CN=C(NCC(c1cccc(Cl)c1)N1CCOCC1)NC1CN(C(C)C)CC1C.I. The van der Waals surface area contributed by atoms with E-state index in [1.54, 1.807) is 0 Å². The minimum absolute atomic E-state index is 0. The molecule has 8 heteroatoms. The number of nitrogens with one attached hydrogen (secondary N) is 2. The molecule has 3 atom stereocenters. The second-order valence-corrected chi connectivity index (χ2v) is 8.88. The summed E-state index contributed by atoms with van der Waals surface area (Å²) in [6, 6.07) is 9.40. The topological polar surface area (TPSA) is 52.1 Å². The van der Waals surface area contributed by atoms with E-state index in [0.29, 0.717) is 18.0 Å². The average molecular weight is 550 g/mol. The van der Waals surface area contributed by atoms with Gasteiger partial charge in [-0.15, -0.1) is 24.0 Å². The second kappa shape index (κ2) is 12.4. The Morgan fingerprint density at radius 3 is 2.57 bits per heavy atom. The summed E-state index contributed by atoms with van der Waals surface area (Å²) in [6.07, 6.45) is 0. The first-order valence-corrected chi connectivity index (χ1v) is 11.1. The van der Waals surface area contributed by atoms with Gasteiger partial charge in [0.15, 0.2) is 5.96 Å². The summed E-state index contributed by atoms with van der Waals surface area (Å²) < 4.78 is 5.56. The fraction of sp³-hybridized carbons (Fsp3) is 0.682. The number of hydrogen-bond donors (Lipinski definition) is 2. The van der Waals surface area contributed by atoms with Crippen LogP contribution in [0, 0.1) is 5.92 Å². The van der Waals surface area contributed by atoms with Gasteiger partial charge in [0.05, 0.1) is 19.3 Å². The summed E-state index contributed by atoms with van der Waals surface area (Å²) in [5, 5.41) is 8.00. The van der Waals surface area contributed by atoms with Gasteiger partial charge in [0.1, 0.15) is 0 Å². The molecule has 0 aliphatic carbocycles. The molecule has 1 aromatic rings. The van der Waals surface area contributed by atoms with E-state index in [-0.39, 0.29) is 30.0 Å². The Kier molecular flexibility index (Phi) is 10.6. The highest BCUT2D eigenvalue weighted by Crippen LogP contribution is 2.24. The zero-order valence-corrected chi connectivity index (χ0v) is 21.7. The van der Waals surface area contributed by atoms with Crippen molar-refractivity contribution in [2.75, 3.05) is 53.0 Å². The minimum Gasteiger partial charge on any atom is -0.379 e. The van der Waals surface area contributed by atoms with Crippen LogP contribution in [-0.2, 0) is 4.74 Å². The minimum atomic E-state index is 0. The van der Waals surface area contributed by atoms with Crippen LogP contribution in [0.25, 0.3) is 0 Å². The summed E-state index contributed by atoms with van der Waals surface area (Å²) in [5.41, 5.74) is 1.22. The van der Waals surface area contributed by atoms with Crippen molar-refractivity contribution >= 4 is 41.5 Å². The number of rotatable bonds is 6. The molecule has 2 fully saturated rings. The smallest absolute Gasteiger partial charge is 0.191 e. The van der Waals surface area contributed by atoms with Crippen LogP contribution >= 0.6 is 35.6 Å². The van der Waals surface area contributed by atoms with Crippen molar-refractivity contribution in [3.8, 4) is 0 Å². The van der Waals surface area contributed by atoms with Crippen LogP contribution in [0.2, 0.25) is 5.02 Å². The Labute approximate surface area is 203 Å². The largest absolute Gasteiger partial charge is 0.379 e. The normalized spacial score (nSPS) is 24.5. The van der Waals surface area contributed by atoms with Gasteiger partial charge in [-0.05, 0) is 37.5 Å². The van der Waals surface area contributed by atoms with Crippen LogP contribution in [0.15, 0.2) is 29.3 Å². The molecule has 2 aliphatic heterocycles. The molecule has 1 aromatic carbocycles. The van der Waals surface area contributed by atoms with Gasteiger partial charge in [0.25, 0.3) is 0 Å². The van der Waals surface area contributed by atoms with Gasteiger partial charge in [-0.2, -0.15) is 0 Å². The van der Waals surface area contributed by atoms with Gasteiger partial charge in [0, 0.05) is 56.9 Å². The van der Waals surface area contributed by atoms with Crippen LogP contribution in [0.3, 0.4) is 0 Å². The highest BCUT2D eigenvalue weighted by Gasteiger charge is 2.31. The summed E-state index contributed by atoms with van der Waals surface area (Å²) in [5.74, 6) is 1.46. The van der Waals surface area contributed by atoms with E-state index in [2.05, 4.69) is 58.3 Å². The van der Waals surface area contributed by atoms with Crippen LogP contribution < -0.4 is 10.6 Å². The number of hydrogen-bond acceptors (Lipinski definition) is 4. The van der Waals surface area contributed by atoms with Gasteiger partial charge < -0.3 is 15.4 Å². The predicted octanol–water partition coefficient (Wildman–Crippen LogP) is 3.23. The molecule has 2 heterocycles. The lowest BCUT2D eigenvalue weighted by atomic mass is 10.0. The van der Waals surface area contributed by atoms with Gasteiger partial charge in [-0.3, -0.25) is 14.8 Å². The van der Waals surface area contributed by atoms with E-state index in [4.69, 9.17) is 16.3 Å². The van der Waals surface area contributed by atoms with E-state index >= 15 is 0 Å². The molecular formula is C22H37ClIN5O. The van der Waals surface area contributed by atoms with Crippen molar-refractivity contribution in [2.24, 2.45) is 10.9 Å². The number of likely N-dealkylation sites (tertiary alicyclic amines) is 1. The standard InChI is InChI=1S/C22H36ClN5O.HI/c1-16(2)28-14-17(3)20(15-28)26-22(24-4)25-13-21(27-8-10-29-11-9-27)18-6-5-7-19(23)12-18;/h5-7,12,16-17,20-21H,8-11,13-15H2,1-4H3,(H2,24,25,26);1H. The number of ether oxygens (including phenoxy) is 1. The highest BCUT2D eigenvalue weighted by atomic mass is 127. The zero-order chi connectivity index (χ0) is 20.8. The van der Waals surface area contributed by atoms with Crippen molar-refractivity contribution in [1.82, 2.24) is 20.4 Å². The van der Waals surface area contributed by atoms with E-state index in [1.165, 1.54) is 5.56 Å². The molecule has 0 spiro atoms. The summed E-state index contributed by atoms with van der Waals surface area (Å²) in [4.78, 5) is 9.48. The Morgan fingerprint density at radius 1 is 1.23 bits per heavy atom. The Hall–Kier alpha value is -0.610. The Balaban J connectivity index is 0.00000320. The number of aliphatic imine (C=N–C) groups is 1. The Bertz CT molecular complexity index is 683. The lowest BCUT2D eigenvalue weighted by Crippen LogP contribution is -2.50. The van der Waals surface area contributed by atoms with E-state index in [9.17, 15) is 0 Å². The predicted molar refractivity (Wildman–Crippen MR) is 136 cm³/mol. The maximum atomic E-state index is 6.28. The van der Waals surface area contributed by atoms with Gasteiger partial charge in [0.2, 0.25) is 0 Å². The molecule has 30 heavy (non-hydrogen) atoms. The highest BCUT2D eigenvalue weighted by molar-refractivity contribution is 14.0. The first-order chi connectivity index (χ1) is 14.0. The molecular weight excluding hydrogens is 513 g/mol. The molecule has 0 saturated carbocycles. The van der Waals surface area contributed by atoms with Gasteiger partial charge in [-0.25, -0.2) is 0 Å². The molecule has 6 nitrogen and oxygen atoms in total. The quantitative estimate of drug-likeness (QED) is 0.324. The third-order valence-electron chi connectivity index (χ3n) is 6.10. The molecule has 2 N–H and O–H groups in total. The van der Waals surface area contributed by atoms with E-state index in [0.717, 1.165) is 56.9 Å². The number of guanidine groups is 1. The van der Waals surface area contributed by atoms with Crippen LogP contribution in [0.1, 0.15) is 32.4 Å². The van der Waals surface area contributed by atoms with Crippen LogP contribution in [0.5, 0.6) is 0 Å². The molecule has 0 amide bonds. The molecule has 2 aliphatic rings. The Morgan fingerprint density at radius 2 is 1.97 bits per heavy atom. The van der Waals surface area contributed by atoms with Crippen molar-refractivity contribution < 1.29 is 4.74 Å². The lowest BCUT2D eigenvalue weighted by molar-refractivity contribution is 0.0170. The second-order valence-electron chi connectivity index (χ2n) is 8.45. The molecule has 3 unspecified atom stereocenters. The number of nitrogens with zero attached hydrogens (tertiary/aromatic N) is 3. The number of morpholine rings is 1. The molecule has 0 bridgehead atoms. The van der Waals surface area contributed by atoms with Crippen LogP contribution in [-0.4, -0.2) is 80.8 Å². The average Bonchev–Trinajstić information content (AvgIpc) is 3.09. The number of halogens is 2. The van der Waals surface area contributed by atoms with Gasteiger partial charge >= 0.3 is 0 Å². The van der Waals surface area contributed by atoms with Crippen molar-refractivity contribution in [1.29, 1.82) is 0 Å². The monoisotopic (exact) mass is 549 g/mol. The molecule has 0 aromatic heterocycles. The van der Waals surface area contributed by atoms with Crippen LogP contribution in [0.4, 0.5) is 0 Å². The van der Waals surface area contributed by atoms with E-state index in [1.807, 2.05) is 19.2 Å². The van der Waals surface area contributed by atoms with Crippen molar-refractivity contribution in [2.45, 2.75) is 38.9 Å². The summed E-state index contributed by atoms with van der Waals surface area (Å²) >= 11 is 6.28. The van der Waals surface area contributed by atoms with Gasteiger partial charge in [-0.1, -0.05) is 30.7 Å². The number of benzene rings is 1. The third kappa shape index (κ3) is 6.95. The fourth-order valence-electron chi connectivity index (χ4n) is 4.24. The molecule has 170 valence electrons. The van der Waals surface area contributed by atoms with E-state index < -0.39 is 0 Å². The summed E-state index contributed by atoms with van der Waals surface area (Å²) in [7, 11) is 1.85. The molecule has 2 saturated heterocycles. The summed E-state index contributed by atoms with van der Waals surface area (Å²) in [6.45, 7) is 13.2. The fourth-order valence-corrected chi connectivity index (χ4v) is 4.44. The van der Waals surface area contributed by atoms with Crippen molar-refractivity contribution in [3.05, 3.63) is 34.9 Å². The zero-order valence-electron chi connectivity index (χ0n) is 18.6. The lowest BCUT2D eigenvalue weighted by Gasteiger charge is -2.35. The first-order valence-electron chi connectivity index (χ1n) is 10.8. The first kappa shape index (κ1) is 25.6. The maximum Gasteiger partial charge on any atom is 0.191 e. The maximum absolute atomic E-state index is 6.28. The molecule has 3 rings (SSSR count). The molecule has 0 radical (unpaired) electrons. The third-order valence-corrected chi connectivity index (χ3v) is 6.33.